The summed E-state index contributed by atoms with van der Waals surface area (Å²) in [5.41, 5.74) is 3.01. The van der Waals surface area contributed by atoms with Gasteiger partial charge in [-0.15, -0.1) is 0 Å². The fourth-order valence-corrected chi connectivity index (χ4v) is 3.23. The number of pyridine rings is 1. The Bertz CT molecular complexity index is 679. The molecule has 0 bridgehead atoms. The van der Waals surface area contributed by atoms with Gasteiger partial charge in [0.05, 0.1) is 17.4 Å². The largest absolute Gasteiger partial charge is 0.370 e. The average molecular weight is 337 g/mol. The molecule has 3 rings (SSSR count). The Morgan fingerprint density at radius 1 is 1.20 bits per heavy atom. The average Bonchev–Trinajstić information content (AvgIpc) is 2.66. The standard InChI is InChI=1S/C21H27N3O/c1-17-9-12-24(13-10-17)20-14-19(15-22-16-20)21(25)23-11-5-8-18-6-3-2-4-7-18/h2-4,6-7,14-17H,5,8-13H2,1H3,(H,23,25). The van der Waals surface area contributed by atoms with Gasteiger partial charge in [0.1, 0.15) is 0 Å². The quantitative estimate of drug-likeness (QED) is 0.818. The van der Waals surface area contributed by atoms with Gasteiger partial charge in [0, 0.05) is 25.8 Å². The van der Waals surface area contributed by atoms with Crippen molar-refractivity contribution in [1.29, 1.82) is 0 Å². The first-order chi connectivity index (χ1) is 12.2. The fraction of sp³-hybridized carbons (Fsp3) is 0.429. The summed E-state index contributed by atoms with van der Waals surface area (Å²) in [4.78, 5) is 19.0. The number of piperidine rings is 1. The molecular formula is C21H27N3O. The van der Waals surface area contributed by atoms with Gasteiger partial charge in [-0.05, 0) is 43.2 Å². The van der Waals surface area contributed by atoms with Gasteiger partial charge < -0.3 is 10.2 Å². The first-order valence-electron chi connectivity index (χ1n) is 9.24. The Kier molecular flexibility index (Phi) is 6.04. The van der Waals surface area contributed by atoms with Crippen LogP contribution in [0, 0.1) is 5.92 Å². The van der Waals surface area contributed by atoms with E-state index in [0.29, 0.717) is 12.1 Å². The van der Waals surface area contributed by atoms with Crippen molar-refractivity contribution in [3.05, 3.63) is 59.9 Å². The van der Waals surface area contributed by atoms with E-state index in [2.05, 4.69) is 34.3 Å². The lowest BCUT2D eigenvalue weighted by molar-refractivity contribution is 0.0953. The van der Waals surface area contributed by atoms with Crippen LogP contribution in [0.1, 0.15) is 42.1 Å². The number of hydrogen-bond acceptors (Lipinski definition) is 3. The van der Waals surface area contributed by atoms with Crippen molar-refractivity contribution >= 4 is 11.6 Å². The fourth-order valence-electron chi connectivity index (χ4n) is 3.23. The third kappa shape index (κ3) is 5.05. The number of nitrogens with zero attached hydrogens (tertiary/aromatic N) is 2. The van der Waals surface area contributed by atoms with Crippen LogP contribution in [-0.4, -0.2) is 30.5 Å². The molecule has 4 heteroatoms. The first-order valence-corrected chi connectivity index (χ1v) is 9.24. The third-order valence-corrected chi connectivity index (χ3v) is 4.91. The number of aromatic nitrogens is 1. The van der Waals surface area contributed by atoms with Crippen molar-refractivity contribution < 1.29 is 4.79 Å². The number of benzene rings is 1. The van der Waals surface area contributed by atoms with Crippen molar-refractivity contribution in [2.75, 3.05) is 24.5 Å². The Balaban J connectivity index is 1.49. The molecule has 1 amide bonds. The molecular weight excluding hydrogens is 310 g/mol. The van der Waals surface area contributed by atoms with E-state index in [1.54, 1.807) is 6.20 Å². The highest BCUT2D eigenvalue weighted by atomic mass is 16.1. The molecule has 0 spiro atoms. The predicted molar refractivity (Wildman–Crippen MR) is 102 cm³/mol. The van der Waals surface area contributed by atoms with Gasteiger partial charge >= 0.3 is 0 Å². The highest BCUT2D eigenvalue weighted by Crippen LogP contribution is 2.22. The minimum Gasteiger partial charge on any atom is -0.370 e. The number of carbonyl (C=O) groups is 1. The number of aryl methyl sites for hydroxylation is 1. The Hall–Kier alpha value is -2.36. The van der Waals surface area contributed by atoms with E-state index in [9.17, 15) is 4.79 Å². The second-order valence-corrected chi connectivity index (χ2v) is 6.95. The van der Waals surface area contributed by atoms with Crippen LogP contribution in [0.2, 0.25) is 0 Å². The smallest absolute Gasteiger partial charge is 0.252 e. The van der Waals surface area contributed by atoms with Gasteiger partial charge in [0.15, 0.2) is 0 Å². The Morgan fingerprint density at radius 2 is 1.96 bits per heavy atom. The zero-order chi connectivity index (χ0) is 17.5. The second-order valence-electron chi connectivity index (χ2n) is 6.95. The maximum Gasteiger partial charge on any atom is 0.252 e. The molecule has 0 saturated carbocycles. The summed E-state index contributed by atoms with van der Waals surface area (Å²) >= 11 is 0. The molecule has 4 nitrogen and oxygen atoms in total. The van der Waals surface area contributed by atoms with Crippen LogP contribution in [0.5, 0.6) is 0 Å². The summed E-state index contributed by atoms with van der Waals surface area (Å²) in [6, 6.07) is 12.3. The number of amides is 1. The summed E-state index contributed by atoms with van der Waals surface area (Å²) < 4.78 is 0. The number of hydrogen-bond donors (Lipinski definition) is 1. The maximum absolute atomic E-state index is 12.4. The van der Waals surface area contributed by atoms with Gasteiger partial charge in [-0.2, -0.15) is 0 Å². The SMILES string of the molecule is CC1CCN(c2cncc(C(=O)NCCCc3ccccc3)c2)CC1. The first kappa shape index (κ1) is 17.5. The van der Waals surface area contributed by atoms with Gasteiger partial charge in [-0.1, -0.05) is 37.3 Å². The Labute approximate surface area is 150 Å². The highest BCUT2D eigenvalue weighted by Gasteiger charge is 2.17. The molecule has 1 aliphatic heterocycles. The number of nitrogens with one attached hydrogen (secondary N) is 1. The third-order valence-electron chi connectivity index (χ3n) is 4.91. The van der Waals surface area contributed by atoms with Crippen LogP contribution in [-0.2, 0) is 6.42 Å². The zero-order valence-electron chi connectivity index (χ0n) is 14.9. The predicted octanol–water partition coefficient (Wildman–Crippen LogP) is 3.68. The summed E-state index contributed by atoms with van der Waals surface area (Å²) in [6.45, 7) is 5.07. The van der Waals surface area contributed by atoms with E-state index in [1.165, 1.54) is 18.4 Å². The molecule has 0 unspecified atom stereocenters. The van der Waals surface area contributed by atoms with E-state index in [-0.39, 0.29) is 5.91 Å². The minimum absolute atomic E-state index is 0.0345. The second kappa shape index (κ2) is 8.65. The van der Waals surface area contributed by atoms with Crippen LogP contribution >= 0.6 is 0 Å². The number of anilines is 1. The minimum atomic E-state index is -0.0345. The van der Waals surface area contributed by atoms with Crippen LogP contribution < -0.4 is 10.2 Å². The van der Waals surface area contributed by atoms with Crippen molar-refractivity contribution in [3.8, 4) is 0 Å². The maximum atomic E-state index is 12.4. The van der Waals surface area contributed by atoms with Crippen molar-refractivity contribution in [3.63, 3.8) is 0 Å². The van der Waals surface area contributed by atoms with E-state index in [4.69, 9.17) is 0 Å². The molecule has 0 radical (unpaired) electrons. The molecule has 1 N–H and O–H groups in total. The highest BCUT2D eigenvalue weighted by molar-refractivity contribution is 5.94. The van der Waals surface area contributed by atoms with Crippen molar-refractivity contribution in [1.82, 2.24) is 10.3 Å². The lowest BCUT2D eigenvalue weighted by Crippen LogP contribution is -2.33. The van der Waals surface area contributed by atoms with Gasteiger partial charge in [0.2, 0.25) is 0 Å². The van der Waals surface area contributed by atoms with E-state index in [1.807, 2.05) is 30.5 Å². The van der Waals surface area contributed by atoms with E-state index in [0.717, 1.165) is 37.5 Å². The molecule has 132 valence electrons. The summed E-state index contributed by atoms with van der Waals surface area (Å²) in [7, 11) is 0. The molecule has 0 atom stereocenters. The van der Waals surface area contributed by atoms with Crippen LogP contribution in [0.4, 0.5) is 5.69 Å². The summed E-state index contributed by atoms with van der Waals surface area (Å²) in [5.74, 6) is 0.757. The van der Waals surface area contributed by atoms with Crippen LogP contribution in [0.3, 0.4) is 0 Å². The Morgan fingerprint density at radius 3 is 2.72 bits per heavy atom. The molecule has 1 saturated heterocycles. The molecule has 25 heavy (non-hydrogen) atoms. The van der Waals surface area contributed by atoms with E-state index >= 15 is 0 Å². The van der Waals surface area contributed by atoms with Crippen molar-refractivity contribution in [2.45, 2.75) is 32.6 Å². The molecule has 1 fully saturated rings. The number of carbonyl (C=O) groups excluding carboxylic acids is 1. The molecule has 2 aromatic rings. The van der Waals surface area contributed by atoms with Crippen LogP contribution in [0.25, 0.3) is 0 Å². The molecule has 2 heterocycles. The van der Waals surface area contributed by atoms with Crippen molar-refractivity contribution in [2.24, 2.45) is 5.92 Å². The molecule has 1 aromatic carbocycles. The number of rotatable bonds is 6. The topological polar surface area (TPSA) is 45.2 Å². The summed E-state index contributed by atoms with van der Waals surface area (Å²) in [5, 5.41) is 3.01. The van der Waals surface area contributed by atoms with Gasteiger partial charge in [-0.3, -0.25) is 9.78 Å². The monoisotopic (exact) mass is 337 g/mol. The lowest BCUT2D eigenvalue weighted by atomic mass is 9.99. The molecule has 1 aromatic heterocycles. The zero-order valence-corrected chi connectivity index (χ0v) is 14.9. The summed E-state index contributed by atoms with van der Waals surface area (Å²) in [6.07, 6.45) is 7.84. The molecule has 0 aliphatic carbocycles. The van der Waals surface area contributed by atoms with Gasteiger partial charge in [-0.25, -0.2) is 0 Å². The normalized spacial score (nSPS) is 15.2. The molecule has 1 aliphatic rings. The lowest BCUT2D eigenvalue weighted by Gasteiger charge is -2.32. The van der Waals surface area contributed by atoms with Crippen LogP contribution in [0.15, 0.2) is 48.8 Å². The van der Waals surface area contributed by atoms with Gasteiger partial charge in [0.25, 0.3) is 5.91 Å². The van der Waals surface area contributed by atoms with E-state index < -0.39 is 0 Å².